The monoisotopic (exact) mass is 299 g/mol. The summed E-state index contributed by atoms with van der Waals surface area (Å²) >= 11 is 2.11. The fraction of sp³-hybridized carbons (Fsp3) is 0.938. The number of rotatable bonds is 8. The molecule has 0 saturated heterocycles. The Balaban J connectivity index is 1.69. The van der Waals surface area contributed by atoms with Crippen molar-refractivity contribution in [2.24, 2.45) is 5.41 Å². The van der Waals surface area contributed by atoms with E-state index in [0.717, 1.165) is 23.6 Å². The SMILES string of the molecule is CCCNC1CCCC(SCC2(CC(=O)OC)CC2)C1. The van der Waals surface area contributed by atoms with E-state index in [4.69, 9.17) is 4.74 Å². The molecule has 0 aromatic rings. The van der Waals surface area contributed by atoms with E-state index in [-0.39, 0.29) is 11.4 Å². The van der Waals surface area contributed by atoms with Gasteiger partial charge in [0.25, 0.3) is 0 Å². The summed E-state index contributed by atoms with van der Waals surface area (Å²) in [6.45, 7) is 3.38. The second-order valence-corrected chi connectivity index (χ2v) is 7.79. The van der Waals surface area contributed by atoms with Crippen LogP contribution in [0.3, 0.4) is 0 Å². The lowest BCUT2D eigenvalue weighted by Crippen LogP contribution is -2.35. The number of esters is 1. The summed E-state index contributed by atoms with van der Waals surface area (Å²) in [4.78, 5) is 11.4. The van der Waals surface area contributed by atoms with E-state index in [0.29, 0.717) is 6.42 Å². The summed E-state index contributed by atoms with van der Waals surface area (Å²) in [7, 11) is 1.50. The van der Waals surface area contributed by atoms with Gasteiger partial charge in [-0.25, -0.2) is 0 Å². The van der Waals surface area contributed by atoms with Gasteiger partial charge in [-0.1, -0.05) is 13.3 Å². The van der Waals surface area contributed by atoms with Crippen molar-refractivity contribution in [3.8, 4) is 0 Å². The molecule has 20 heavy (non-hydrogen) atoms. The van der Waals surface area contributed by atoms with Crippen LogP contribution in [0.25, 0.3) is 0 Å². The fourth-order valence-electron chi connectivity index (χ4n) is 3.05. The van der Waals surface area contributed by atoms with Crippen molar-refractivity contribution in [3.05, 3.63) is 0 Å². The predicted octanol–water partition coefficient (Wildman–Crippen LogP) is 3.37. The standard InChI is InChI=1S/C16H29NO2S/c1-3-9-17-13-5-4-6-14(10-13)20-12-16(7-8-16)11-15(18)19-2/h13-14,17H,3-12H2,1-2H3. The molecular formula is C16H29NO2S. The molecule has 2 atom stereocenters. The van der Waals surface area contributed by atoms with E-state index < -0.39 is 0 Å². The zero-order chi connectivity index (χ0) is 14.4. The summed E-state index contributed by atoms with van der Waals surface area (Å²) in [6.07, 6.45) is 9.60. The van der Waals surface area contributed by atoms with Gasteiger partial charge in [-0.3, -0.25) is 4.79 Å². The Morgan fingerprint density at radius 1 is 1.40 bits per heavy atom. The van der Waals surface area contributed by atoms with Gasteiger partial charge in [0.15, 0.2) is 0 Å². The molecule has 1 N–H and O–H groups in total. The Morgan fingerprint density at radius 3 is 2.85 bits per heavy atom. The van der Waals surface area contributed by atoms with Crippen LogP contribution in [0.15, 0.2) is 0 Å². The lowest BCUT2D eigenvalue weighted by molar-refractivity contribution is -0.141. The van der Waals surface area contributed by atoms with E-state index in [1.165, 1.54) is 52.1 Å². The van der Waals surface area contributed by atoms with Crippen molar-refractivity contribution in [1.29, 1.82) is 0 Å². The Kier molecular flexibility index (Phi) is 6.21. The van der Waals surface area contributed by atoms with Gasteiger partial charge in [-0.2, -0.15) is 11.8 Å². The summed E-state index contributed by atoms with van der Waals surface area (Å²) in [5.41, 5.74) is 0.279. The lowest BCUT2D eigenvalue weighted by atomic mass is 9.95. The van der Waals surface area contributed by atoms with Crippen LogP contribution in [0.5, 0.6) is 0 Å². The largest absolute Gasteiger partial charge is 0.469 e. The van der Waals surface area contributed by atoms with Crippen molar-refractivity contribution >= 4 is 17.7 Å². The zero-order valence-corrected chi connectivity index (χ0v) is 13.8. The number of carbonyl (C=O) groups is 1. The first kappa shape index (κ1) is 16.2. The van der Waals surface area contributed by atoms with E-state index in [9.17, 15) is 4.79 Å². The highest BCUT2D eigenvalue weighted by Gasteiger charge is 2.45. The van der Waals surface area contributed by atoms with Gasteiger partial charge < -0.3 is 10.1 Å². The van der Waals surface area contributed by atoms with Crippen LogP contribution in [0.4, 0.5) is 0 Å². The van der Waals surface area contributed by atoms with Crippen molar-refractivity contribution < 1.29 is 9.53 Å². The summed E-state index contributed by atoms with van der Waals surface area (Å²) < 4.78 is 4.82. The molecule has 2 fully saturated rings. The second kappa shape index (κ2) is 7.69. The second-order valence-electron chi connectivity index (χ2n) is 6.50. The van der Waals surface area contributed by atoms with Gasteiger partial charge in [0, 0.05) is 11.3 Å². The van der Waals surface area contributed by atoms with Crippen molar-refractivity contribution in [2.75, 3.05) is 19.4 Å². The topological polar surface area (TPSA) is 38.3 Å². The van der Waals surface area contributed by atoms with E-state index in [1.807, 2.05) is 0 Å². The normalized spacial score (nSPS) is 28.1. The molecule has 116 valence electrons. The number of carbonyl (C=O) groups excluding carboxylic acids is 1. The van der Waals surface area contributed by atoms with Crippen LogP contribution in [0, 0.1) is 5.41 Å². The minimum Gasteiger partial charge on any atom is -0.469 e. The molecular weight excluding hydrogens is 270 g/mol. The minimum absolute atomic E-state index is 0.0331. The molecule has 2 aliphatic rings. The van der Waals surface area contributed by atoms with Crippen molar-refractivity contribution in [1.82, 2.24) is 5.32 Å². The molecule has 2 unspecified atom stereocenters. The summed E-state index contributed by atoms with van der Waals surface area (Å²) in [5.74, 6) is 1.11. The van der Waals surface area contributed by atoms with Crippen LogP contribution >= 0.6 is 11.8 Å². The maximum atomic E-state index is 11.4. The minimum atomic E-state index is -0.0331. The lowest BCUT2D eigenvalue weighted by Gasteiger charge is -2.30. The summed E-state index contributed by atoms with van der Waals surface area (Å²) in [6, 6.07) is 0.719. The van der Waals surface area contributed by atoms with Gasteiger partial charge in [0.1, 0.15) is 0 Å². The van der Waals surface area contributed by atoms with Gasteiger partial charge in [0.2, 0.25) is 0 Å². The maximum absolute atomic E-state index is 11.4. The molecule has 0 spiro atoms. The van der Waals surface area contributed by atoms with Crippen LogP contribution in [-0.4, -0.2) is 36.7 Å². The van der Waals surface area contributed by atoms with Gasteiger partial charge in [0.05, 0.1) is 13.5 Å². The third-order valence-electron chi connectivity index (χ3n) is 4.64. The van der Waals surface area contributed by atoms with Gasteiger partial charge in [-0.15, -0.1) is 0 Å². The quantitative estimate of drug-likeness (QED) is 0.697. The number of hydrogen-bond donors (Lipinski definition) is 1. The molecule has 0 amide bonds. The third-order valence-corrected chi connectivity index (χ3v) is 6.32. The summed E-state index contributed by atoms with van der Waals surface area (Å²) in [5, 5.41) is 4.45. The molecule has 2 rings (SSSR count). The smallest absolute Gasteiger partial charge is 0.306 e. The number of ether oxygens (including phenoxy) is 1. The van der Waals surface area contributed by atoms with Gasteiger partial charge >= 0.3 is 5.97 Å². The molecule has 2 saturated carbocycles. The Hall–Kier alpha value is -0.220. The molecule has 0 radical (unpaired) electrons. The molecule has 0 aromatic heterocycles. The highest BCUT2D eigenvalue weighted by atomic mass is 32.2. The number of nitrogens with one attached hydrogen (secondary N) is 1. The predicted molar refractivity (Wildman–Crippen MR) is 85.1 cm³/mol. The Morgan fingerprint density at radius 2 is 2.20 bits per heavy atom. The Labute approximate surface area is 127 Å². The first-order valence-electron chi connectivity index (χ1n) is 8.09. The number of methoxy groups -OCH3 is 1. The first-order chi connectivity index (χ1) is 9.67. The van der Waals surface area contributed by atoms with Crippen LogP contribution < -0.4 is 5.32 Å². The van der Waals surface area contributed by atoms with Crippen LogP contribution in [0.1, 0.15) is 58.3 Å². The van der Waals surface area contributed by atoms with Crippen molar-refractivity contribution in [3.63, 3.8) is 0 Å². The van der Waals surface area contributed by atoms with Gasteiger partial charge in [-0.05, 0) is 56.2 Å². The van der Waals surface area contributed by atoms with E-state index in [2.05, 4.69) is 24.0 Å². The fourth-order valence-corrected chi connectivity index (χ4v) is 4.73. The average Bonchev–Trinajstić information content (AvgIpc) is 3.23. The van der Waals surface area contributed by atoms with E-state index in [1.54, 1.807) is 0 Å². The molecule has 0 bridgehead atoms. The zero-order valence-electron chi connectivity index (χ0n) is 13.0. The van der Waals surface area contributed by atoms with E-state index >= 15 is 0 Å². The molecule has 0 aliphatic heterocycles. The van der Waals surface area contributed by atoms with Crippen molar-refractivity contribution in [2.45, 2.75) is 69.6 Å². The maximum Gasteiger partial charge on any atom is 0.306 e. The molecule has 3 nitrogen and oxygen atoms in total. The third kappa shape index (κ3) is 4.96. The van der Waals surface area contributed by atoms with Crippen LogP contribution in [-0.2, 0) is 9.53 Å². The molecule has 4 heteroatoms. The Bertz CT molecular complexity index is 318. The molecule has 0 heterocycles. The molecule has 2 aliphatic carbocycles. The number of thioether (sulfide) groups is 1. The number of hydrogen-bond acceptors (Lipinski definition) is 4. The first-order valence-corrected chi connectivity index (χ1v) is 9.14. The highest BCUT2D eigenvalue weighted by molar-refractivity contribution is 7.99. The highest BCUT2D eigenvalue weighted by Crippen LogP contribution is 2.52. The average molecular weight is 299 g/mol. The van der Waals surface area contributed by atoms with Crippen LogP contribution in [0.2, 0.25) is 0 Å². The molecule has 0 aromatic carbocycles.